The number of rotatable bonds is 3. The number of halogens is 4. The topological polar surface area (TPSA) is 63.6 Å². The molecular formula is C15H12BrF3N4O. The number of aryl methyl sites for hydroxylation is 1. The van der Waals surface area contributed by atoms with Crippen LogP contribution >= 0.6 is 15.9 Å². The van der Waals surface area contributed by atoms with E-state index in [1.807, 2.05) is 6.07 Å². The summed E-state index contributed by atoms with van der Waals surface area (Å²) in [5, 5.41) is 4.30. The van der Waals surface area contributed by atoms with Crippen molar-refractivity contribution in [2.24, 2.45) is 0 Å². The predicted octanol–water partition coefficient (Wildman–Crippen LogP) is 3.55. The molecule has 5 nitrogen and oxygen atoms in total. The molecule has 9 heteroatoms. The molecule has 1 N–H and O–H groups in total. The summed E-state index contributed by atoms with van der Waals surface area (Å²) in [5.74, 6) is 0. The summed E-state index contributed by atoms with van der Waals surface area (Å²) >= 11 is 3.35. The van der Waals surface area contributed by atoms with Gasteiger partial charge >= 0.3 is 6.18 Å². The molecule has 2 heterocycles. The summed E-state index contributed by atoms with van der Waals surface area (Å²) < 4.78 is 38.3. The minimum Gasteiger partial charge on any atom is -0.319 e. The van der Waals surface area contributed by atoms with Gasteiger partial charge in [-0.25, -0.2) is 4.98 Å². The monoisotopic (exact) mass is 400 g/mol. The molecule has 0 saturated heterocycles. The van der Waals surface area contributed by atoms with Crippen LogP contribution in [-0.2, 0) is 11.9 Å². The van der Waals surface area contributed by atoms with E-state index in [0.717, 1.165) is 10.2 Å². The normalized spacial score (nSPS) is 12.0. The molecule has 3 aromatic rings. The van der Waals surface area contributed by atoms with Gasteiger partial charge in [-0.05, 0) is 24.6 Å². The number of nitrogens with zero attached hydrogens (tertiary/aromatic N) is 3. The van der Waals surface area contributed by atoms with Gasteiger partial charge in [0.1, 0.15) is 12.2 Å². The Bertz CT molecular complexity index is 961. The van der Waals surface area contributed by atoms with Crippen LogP contribution in [0.1, 0.15) is 11.3 Å². The minimum absolute atomic E-state index is 0.290. The second kappa shape index (κ2) is 6.04. The third-order valence-corrected chi connectivity index (χ3v) is 4.11. The zero-order chi connectivity index (χ0) is 17.5. The SMILES string of the molecule is Cc1nc2c(-c3cnn(CC(F)(F)F)c3)cc(CBr)cc2[nH]c1=O. The number of nitrogens with one attached hydrogen (secondary N) is 1. The minimum atomic E-state index is -4.34. The van der Waals surface area contributed by atoms with Crippen molar-refractivity contribution < 1.29 is 13.2 Å². The van der Waals surface area contributed by atoms with Crippen molar-refractivity contribution in [1.29, 1.82) is 0 Å². The standard InChI is InChI=1S/C15H12BrF3N4O/c1-8-14(24)22-12-3-9(4-16)2-11(13(12)21-8)10-5-20-23(6-10)7-15(17,18)19/h2-3,5-6H,4,7H2,1H3,(H,22,24). The van der Waals surface area contributed by atoms with Gasteiger partial charge < -0.3 is 4.98 Å². The fraction of sp³-hybridized carbons (Fsp3) is 0.267. The summed E-state index contributed by atoms with van der Waals surface area (Å²) in [6, 6.07) is 3.60. The Balaban J connectivity index is 2.18. The first kappa shape index (κ1) is 16.7. The molecule has 0 radical (unpaired) electrons. The van der Waals surface area contributed by atoms with Crippen molar-refractivity contribution in [1.82, 2.24) is 19.7 Å². The van der Waals surface area contributed by atoms with Crippen molar-refractivity contribution in [3.63, 3.8) is 0 Å². The van der Waals surface area contributed by atoms with Gasteiger partial charge in [0.15, 0.2) is 0 Å². The molecule has 0 atom stereocenters. The van der Waals surface area contributed by atoms with E-state index < -0.39 is 12.7 Å². The summed E-state index contributed by atoms with van der Waals surface area (Å²) in [7, 11) is 0. The van der Waals surface area contributed by atoms with Crippen molar-refractivity contribution >= 4 is 27.0 Å². The predicted molar refractivity (Wildman–Crippen MR) is 87.0 cm³/mol. The lowest BCUT2D eigenvalue weighted by molar-refractivity contribution is -0.142. The van der Waals surface area contributed by atoms with Crippen LogP contribution in [0.5, 0.6) is 0 Å². The molecule has 0 amide bonds. The van der Waals surface area contributed by atoms with Crippen LogP contribution < -0.4 is 5.56 Å². The van der Waals surface area contributed by atoms with E-state index in [-0.39, 0.29) is 11.3 Å². The molecule has 0 bridgehead atoms. The Morgan fingerprint density at radius 3 is 2.75 bits per heavy atom. The molecule has 0 spiro atoms. The van der Waals surface area contributed by atoms with E-state index in [4.69, 9.17) is 0 Å². The van der Waals surface area contributed by atoms with E-state index in [0.29, 0.717) is 27.5 Å². The fourth-order valence-electron chi connectivity index (χ4n) is 2.41. The smallest absolute Gasteiger partial charge is 0.319 e. The van der Waals surface area contributed by atoms with E-state index in [2.05, 4.69) is 31.0 Å². The number of hydrogen-bond donors (Lipinski definition) is 1. The molecule has 0 aliphatic carbocycles. The second-order valence-electron chi connectivity index (χ2n) is 5.37. The first-order valence-electron chi connectivity index (χ1n) is 6.96. The lowest BCUT2D eigenvalue weighted by atomic mass is 10.0. The third kappa shape index (κ3) is 3.35. The zero-order valence-electron chi connectivity index (χ0n) is 12.5. The lowest BCUT2D eigenvalue weighted by Gasteiger charge is -2.08. The first-order chi connectivity index (χ1) is 11.3. The summed E-state index contributed by atoms with van der Waals surface area (Å²) in [4.78, 5) is 18.8. The Labute approximate surface area is 142 Å². The van der Waals surface area contributed by atoms with E-state index >= 15 is 0 Å². The summed E-state index contributed by atoms with van der Waals surface area (Å²) in [6.07, 6.45) is -1.66. The number of hydrogen-bond acceptors (Lipinski definition) is 3. The first-order valence-corrected chi connectivity index (χ1v) is 8.08. The average molecular weight is 401 g/mol. The van der Waals surface area contributed by atoms with Crippen molar-refractivity contribution in [3.8, 4) is 11.1 Å². The fourth-order valence-corrected chi connectivity index (χ4v) is 2.73. The number of benzene rings is 1. The van der Waals surface area contributed by atoms with Gasteiger partial charge in [0.05, 0.1) is 17.2 Å². The van der Waals surface area contributed by atoms with Gasteiger partial charge in [0, 0.05) is 22.7 Å². The zero-order valence-corrected chi connectivity index (χ0v) is 14.1. The molecule has 0 saturated carbocycles. The van der Waals surface area contributed by atoms with Crippen LogP contribution in [0.25, 0.3) is 22.2 Å². The Hall–Kier alpha value is -2.16. The van der Waals surface area contributed by atoms with Crippen molar-refractivity contribution in [2.45, 2.75) is 25.0 Å². The van der Waals surface area contributed by atoms with Crippen molar-refractivity contribution in [2.75, 3.05) is 0 Å². The van der Waals surface area contributed by atoms with Crippen molar-refractivity contribution in [3.05, 3.63) is 46.1 Å². The van der Waals surface area contributed by atoms with Gasteiger partial charge in [-0.15, -0.1) is 0 Å². The van der Waals surface area contributed by atoms with Crippen LogP contribution in [-0.4, -0.2) is 25.9 Å². The summed E-state index contributed by atoms with van der Waals surface area (Å²) in [6.45, 7) is 0.417. The average Bonchev–Trinajstić information content (AvgIpc) is 2.93. The molecule has 1 aromatic carbocycles. The van der Waals surface area contributed by atoms with E-state index in [1.165, 1.54) is 12.4 Å². The van der Waals surface area contributed by atoms with E-state index in [9.17, 15) is 18.0 Å². The quantitative estimate of drug-likeness (QED) is 0.683. The second-order valence-corrected chi connectivity index (χ2v) is 5.93. The van der Waals surface area contributed by atoms with Gasteiger partial charge in [-0.3, -0.25) is 9.48 Å². The highest BCUT2D eigenvalue weighted by Gasteiger charge is 2.28. The number of aromatic amines is 1. The number of H-pyrrole nitrogens is 1. The highest BCUT2D eigenvalue weighted by molar-refractivity contribution is 9.08. The Kier molecular flexibility index (Phi) is 4.20. The maximum Gasteiger partial charge on any atom is 0.408 e. The Morgan fingerprint density at radius 1 is 1.33 bits per heavy atom. The van der Waals surface area contributed by atoms with Crippen LogP contribution in [0.15, 0.2) is 29.3 Å². The van der Waals surface area contributed by atoms with Crippen LogP contribution in [0.4, 0.5) is 13.2 Å². The number of aromatic nitrogens is 4. The highest BCUT2D eigenvalue weighted by Crippen LogP contribution is 2.29. The molecule has 3 rings (SSSR count). The van der Waals surface area contributed by atoms with Gasteiger partial charge in [0.2, 0.25) is 0 Å². The van der Waals surface area contributed by atoms with Gasteiger partial charge in [-0.2, -0.15) is 18.3 Å². The highest BCUT2D eigenvalue weighted by atomic mass is 79.9. The lowest BCUT2D eigenvalue weighted by Crippen LogP contribution is -2.17. The molecule has 0 fully saturated rings. The van der Waals surface area contributed by atoms with E-state index in [1.54, 1.807) is 13.0 Å². The summed E-state index contributed by atoms with van der Waals surface area (Å²) in [5.41, 5.74) is 3.03. The molecule has 0 unspecified atom stereocenters. The maximum atomic E-state index is 12.5. The molecule has 0 aliphatic heterocycles. The molecule has 126 valence electrons. The number of alkyl halides is 4. The maximum absolute atomic E-state index is 12.5. The molecule has 24 heavy (non-hydrogen) atoms. The Morgan fingerprint density at radius 2 is 2.08 bits per heavy atom. The largest absolute Gasteiger partial charge is 0.408 e. The van der Waals surface area contributed by atoms with Crippen LogP contribution in [0.3, 0.4) is 0 Å². The molecule has 0 aliphatic rings. The van der Waals surface area contributed by atoms with Gasteiger partial charge in [-0.1, -0.05) is 15.9 Å². The van der Waals surface area contributed by atoms with Crippen LogP contribution in [0.2, 0.25) is 0 Å². The molecule has 2 aromatic heterocycles. The van der Waals surface area contributed by atoms with Gasteiger partial charge in [0.25, 0.3) is 5.56 Å². The van der Waals surface area contributed by atoms with Crippen LogP contribution in [0, 0.1) is 6.92 Å². The molecular weight excluding hydrogens is 389 g/mol. The third-order valence-electron chi connectivity index (χ3n) is 3.47. The number of fused-ring (bicyclic) bond motifs is 1.